The van der Waals surface area contributed by atoms with Crippen molar-refractivity contribution < 1.29 is 14.4 Å². The van der Waals surface area contributed by atoms with E-state index in [1.165, 1.54) is 0 Å². The van der Waals surface area contributed by atoms with Crippen LogP contribution in [0.15, 0.2) is 30.3 Å². The molecule has 2 saturated heterocycles. The molecule has 2 heterocycles. The van der Waals surface area contributed by atoms with Gasteiger partial charge in [0.05, 0.1) is 19.6 Å². The summed E-state index contributed by atoms with van der Waals surface area (Å²) in [7, 11) is 0. The summed E-state index contributed by atoms with van der Waals surface area (Å²) in [6, 6.07) is 8.78. The van der Waals surface area contributed by atoms with Gasteiger partial charge in [0, 0.05) is 13.1 Å². The van der Waals surface area contributed by atoms with Gasteiger partial charge in [0.25, 0.3) is 0 Å². The van der Waals surface area contributed by atoms with Gasteiger partial charge >= 0.3 is 6.03 Å². The van der Waals surface area contributed by atoms with E-state index < -0.39 is 12.2 Å². The molecule has 2 atom stereocenters. The number of terminal acetylenes is 1. The van der Waals surface area contributed by atoms with Crippen LogP contribution in [0.2, 0.25) is 0 Å². The van der Waals surface area contributed by atoms with E-state index in [-0.39, 0.29) is 37.5 Å². The third kappa shape index (κ3) is 6.98. The van der Waals surface area contributed by atoms with Gasteiger partial charge in [-0.15, -0.1) is 6.42 Å². The molecular weight excluding hydrogens is 442 g/mol. The van der Waals surface area contributed by atoms with E-state index in [1.54, 1.807) is 14.9 Å². The smallest absolute Gasteiger partial charge is 0.334 e. The molecule has 0 saturated carbocycles. The van der Waals surface area contributed by atoms with Gasteiger partial charge in [-0.1, -0.05) is 83.2 Å². The molecule has 8 nitrogen and oxygen atoms in total. The van der Waals surface area contributed by atoms with Gasteiger partial charge in [-0.05, 0) is 18.4 Å². The first-order chi connectivity index (χ1) is 17.0. The van der Waals surface area contributed by atoms with Gasteiger partial charge in [0.1, 0.15) is 12.2 Å². The number of rotatable bonds is 9. The quantitative estimate of drug-likeness (QED) is 0.546. The van der Waals surface area contributed by atoms with Crippen molar-refractivity contribution in [3.63, 3.8) is 0 Å². The van der Waals surface area contributed by atoms with Crippen molar-refractivity contribution in [3.8, 4) is 12.3 Å². The first-order valence-corrected chi connectivity index (χ1v) is 12.9. The fourth-order valence-corrected chi connectivity index (χ4v) is 4.52. The van der Waals surface area contributed by atoms with E-state index in [4.69, 9.17) is 6.42 Å². The molecule has 2 aliphatic rings. The molecule has 0 spiro atoms. The second-order valence-electron chi connectivity index (χ2n) is 8.59. The van der Waals surface area contributed by atoms with Gasteiger partial charge in [-0.25, -0.2) is 9.80 Å². The lowest BCUT2D eigenvalue weighted by Gasteiger charge is -2.55. The molecule has 1 aromatic carbocycles. The van der Waals surface area contributed by atoms with E-state index in [0.717, 1.165) is 31.2 Å². The molecule has 35 heavy (non-hydrogen) atoms. The van der Waals surface area contributed by atoms with Crippen LogP contribution >= 0.6 is 0 Å². The zero-order valence-corrected chi connectivity index (χ0v) is 21.7. The SMILES string of the molecule is C#CCN1CC(=O)N2C(CN(CCCC)C(=O)[C@@H]2CCCC)N1C(=O)NCc1ccccc1.CC. The summed E-state index contributed by atoms with van der Waals surface area (Å²) < 4.78 is 0. The highest BCUT2D eigenvalue weighted by Crippen LogP contribution is 2.29. The van der Waals surface area contributed by atoms with Gasteiger partial charge in [-0.2, -0.15) is 5.01 Å². The van der Waals surface area contributed by atoms with Crippen LogP contribution in [-0.2, 0) is 16.1 Å². The lowest BCUT2D eigenvalue weighted by molar-refractivity contribution is -0.189. The summed E-state index contributed by atoms with van der Waals surface area (Å²) in [5, 5.41) is 6.15. The molecule has 3 rings (SSSR count). The van der Waals surface area contributed by atoms with Crippen LogP contribution < -0.4 is 5.32 Å². The third-order valence-electron chi connectivity index (χ3n) is 6.21. The molecule has 1 unspecified atom stereocenters. The maximum Gasteiger partial charge on any atom is 0.334 e. The number of hydrogen-bond acceptors (Lipinski definition) is 4. The zero-order valence-electron chi connectivity index (χ0n) is 21.7. The van der Waals surface area contributed by atoms with Gasteiger partial charge in [0.2, 0.25) is 11.8 Å². The van der Waals surface area contributed by atoms with E-state index >= 15 is 0 Å². The number of benzene rings is 1. The molecular formula is C27H41N5O3. The largest absolute Gasteiger partial charge is 0.337 e. The zero-order chi connectivity index (χ0) is 25.8. The Bertz CT molecular complexity index is 869. The molecule has 4 amide bonds. The maximum absolute atomic E-state index is 13.4. The number of nitrogens with one attached hydrogen (secondary N) is 1. The van der Waals surface area contributed by atoms with Crippen LogP contribution in [0.25, 0.3) is 0 Å². The molecule has 2 aliphatic heterocycles. The highest BCUT2D eigenvalue weighted by Gasteiger charge is 2.50. The number of amides is 4. The maximum atomic E-state index is 13.4. The Morgan fingerprint density at radius 1 is 1.11 bits per heavy atom. The first kappa shape index (κ1) is 28.2. The first-order valence-electron chi connectivity index (χ1n) is 12.9. The van der Waals surface area contributed by atoms with Crippen LogP contribution in [0.5, 0.6) is 0 Å². The number of carbonyl (C=O) groups is 3. The normalized spacial score (nSPS) is 20.0. The van der Waals surface area contributed by atoms with Gasteiger partial charge in [0.15, 0.2) is 0 Å². The van der Waals surface area contributed by atoms with Crippen LogP contribution in [0.1, 0.15) is 65.4 Å². The molecule has 2 fully saturated rings. The topological polar surface area (TPSA) is 76.2 Å². The van der Waals surface area contributed by atoms with E-state index in [2.05, 4.69) is 25.1 Å². The highest BCUT2D eigenvalue weighted by molar-refractivity contribution is 5.91. The summed E-state index contributed by atoms with van der Waals surface area (Å²) >= 11 is 0. The van der Waals surface area contributed by atoms with Gasteiger partial charge in [-0.3, -0.25) is 9.59 Å². The lowest BCUT2D eigenvalue weighted by atomic mass is 10.0. The van der Waals surface area contributed by atoms with E-state index in [0.29, 0.717) is 19.5 Å². The van der Waals surface area contributed by atoms with Crippen molar-refractivity contribution in [2.45, 2.75) is 78.6 Å². The summed E-state index contributed by atoms with van der Waals surface area (Å²) in [4.78, 5) is 43.3. The standard InChI is InChI=1S/C25H35N5O3.C2H6/c1-4-7-14-21-24(32)27(16-8-5-2)18-22-29(21)23(31)19-28(15-6-3)30(22)25(33)26-17-20-12-10-9-11-13-20;1-2/h3,9-13,21-22H,4-5,7-8,14-19H2,1-2H3,(H,26,33);1-2H3/t21-,22?;/m0./s1. The second kappa shape index (κ2) is 14.4. The van der Waals surface area contributed by atoms with E-state index in [1.807, 2.05) is 49.1 Å². The minimum Gasteiger partial charge on any atom is -0.337 e. The predicted octanol–water partition coefficient (Wildman–Crippen LogP) is 3.44. The fraction of sp³-hybridized carbons (Fsp3) is 0.593. The fourth-order valence-electron chi connectivity index (χ4n) is 4.52. The third-order valence-corrected chi connectivity index (χ3v) is 6.21. The molecule has 1 aromatic rings. The molecule has 0 aromatic heterocycles. The predicted molar refractivity (Wildman–Crippen MR) is 138 cm³/mol. The summed E-state index contributed by atoms with van der Waals surface area (Å²) in [5.74, 6) is 2.39. The van der Waals surface area contributed by atoms with Crippen molar-refractivity contribution in [2.75, 3.05) is 26.2 Å². The Kier molecular flexibility index (Phi) is 11.6. The number of hydrazine groups is 1. The second-order valence-corrected chi connectivity index (χ2v) is 8.59. The van der Waals surface area contributed by atoms with Gasteiger partial charge < -0.3 is 15.1 Å². The highest BCUT2D eigenvalue weighted by atomic mass is 16.2. The Balaban J connectivity index is 0.00000210. The lowest BCUT2D eigenvalue weighted by Crippen LogP contribution is -2.76. The van der Waals surface area contributed by atoms with Crippen LogP contribution in [0.3, 0.4) is 0 Å². The van der Waals surface area contributed by atoms with E-state index in [9.17, 15) is 14.4 Å². The summed E-state index contributed by atoms with van der Waals surface area (Å²) in [6.07, 6.45) is 9.18. The average molecular weight is 484 g/mol. The summed E-state index contributed by atoms with van der Waals surface area (Å²) in [6.45, 7) is 9.52. The Morgan fingerprint density at radius 2 is 1.80 bits per heavy atom. The van der Waals surface area contributed by atoms with Crippen molar-refractivity contribution in [1.29, 1.82) is 0 Å². The van der Waals surface area contributed by atoms with Crippen molar-refractivity contribution >= 4 is 17.8 Å². The minimum absolute atomic E-state index is 0.0171. The molecule has 1 N–H and O–H groups in total. The number of nitrogens with zero attached hydrogens (tertiary/aromatic N) is 4. The number of urea groups is 1. The monoisotopic (exact) mass is 483 g/mol. The molecule has 0 aliphatic carbocycles. The van der Waals surface area contributed by atoms with Crippen molar-refractivity contribution in [1.82, 2.24) is 25.1 Å². The number of hydrogen-bond donors (Lipinski definition) is 1. The number of piperazine rings is 1. The number of carbonyl (C=O) groups excluding carboxylic acids is 3. The minimum atomic E-state index is -0.577. The molecule has 8 heteroatoms. The average Bonchev–Trinajstić information content (AvgIpc) is 2.88. The Morgan fingerprint density at radius 3 is 2.43 bits per heavy atom. The van der Waals surface area contributed by atoms with Crippen molar-refractivity contribution in [3.05, 3.63) is 35.9 Å². The summed E-state index contributed by atoms with van der Waals surface area (Å²) in [5.41, 5.74) is 0.975. The Labute approximate surface area is 210 Å². The number of fused-ring (bicyclic) bond motifs is 1. The van der Waals surface area contributed by atoms with Crippen LogP contribution in [0, 0.1) is 12.3 Å². The van der Waals surface area contributed by atoms with Crippen molar-refractivity contribution in [2.24, 2.45) is 0 Å². The Hall–Kier alpha value is -3.05. The van der Waals surface area contributed by atoms with Crippen LogP contribution in [0.4, 0.5) is 4.79 Å². The molecule has 0 bridgehead atoms. The molecule has 192 valence electrons. The van der Waals surface area contributed by atoms with Crippen LogP contribution in [-0.4, -0.2) is 76.0 Å². The molecule has 0 radical (unpaired) electrons. The number of unbranched alkanes of at least 4 members (excludes halogenated alkanes) is 2.